The summed E-state index contributed by atoms with van der Waals surface area (Å²) < 4.78 is 72.5. The first-order valence-corrected chi connectivity index (χ1v) is 11.4. The molecule has 7 nitrogen and oxygen atoms in total. The van der Waals surface area contributed by atoms with Crippen LogP contribution in [-0.2, 0) is 40.3 Å². The van der Waals surface area contributed by atoms with E-state index in [0.29, 0.717) is 18.4 Å². The van der Waals surface area contributed by atoms with E-state index in [1.807, 2.05) is 12.1 Å². The molecule has 0 spiro atoms. The van der Waals surface area contributed by atoms with Crippen LogP contribution < -0.4 is 4.72 Å². The largest absolute Gasteiger partial charge is 0.462 e. The van der Waals surface area contributed by atoms with Crippen LogP contribution in [0.15, 0.2) is 24.4 Å². The maximum atomic E-state index is 13.3. The topological polar surface area (TPSA) is 90.3 Å². The number of sulfonamides is 1. The molecular formula is C20H24F3N3O4S. The van der Waals surface area contributed by atoms with Gasteiger partial charge in [0.25, 0.3) is 0 Å². The molecule has 31 heavy (non-hydrogen) atoms. The van der Waals surface area contributed by atoms with Crippen molar-refractivity contribution in [2.45, 2.75) is 57.6 Å². The molecule has 0 aliphatic heterocycles. The predicted octanol–water partition coefficient (Wildman–Crippen LogP) is 2.92. The van der Waals surface area contributed by atoms with E-state index in [2.05, 4.69) is 9.82 Å². The standard InChI is InChI=1S/C20H24F3N3O4S/c1-4-30-19(27)17-11-26(24-18(17)20(21,22)23)10-13-5-6-14-8-16(9-15(14)7-13)25-31(28,29)12(2)3/h5-7,11-12,16,25H,4,8-10H2,1-3H3/t16-/m1/s1. The zero-order chi connectivity index (χ0) is 23.0. The fraction of sp³-hybridized carbons (Fsp3) is 0.500. The second kappa shape index (κ2) is 8.62. The number of hydrogen-bond donors (Lipinski definition) is 1. The van der Waals surface area contributed by atoms with Crippen LogP contribution in [0.2, 0.25) is 0 Å². The number of carbonyl (C=O) groups excluding carboxylic acids is 1. The fourth-order valence-corrected chi connectivity index (χ4v) is 4.38. The summed E-state index contributed by atoms with van der Waals surface area (Å²) in [6.45, 7) is 4.69. The molecule has 0 saturated carbocycles. The van der Waals surface area contributed by atoms with E-state index >= 15 is 0 Å². The van der Waals surface area contributed by atoms with Gasteiger partial charge in [0.15, 0.2) is 5.69 Å². The molecule has 0 saturated heterocycles. The van der Waals surface area contributed by atoms with Gasteiger partial charge in [-0.2, -0.15) is 18.3 Å². The molecule has 1 aromatic heterocycles. The molecule has 1 heterocycles. The van der Waals surface area contributed by atoms with E-state index < -0.39 is 38.7 Å². The minimum Gasteiger partial charge on any atom is -0.462 e. The fourth-order valence-electron chi connectivity index (χ4n) is 3.48. The number of esters is 1. The van der Waals surface area contributed by atoms with Crippen molar-refractivity contribution >= 4 is 16.0 Å². The SMILES string of the molecule is CCOC(=O)c1cn(Cc2ccc3c(c2)C[C@H](NS(=O)(=O)C(C)C)C3)nc1C(F)(F)F. The molecule has 170 valence electrons. The Morgan fingerprint density at radius 3 is 2.58 bits per heavy atom. The van der Waals surface area contributed by atoms with Gasteiger partial charge in [0.2, 0.25) is 10.0 Å². The molecule has 2 aromatic rings. The summed E-state index contributed by atoms with van der Waals surface area (Å²) >= 11 is 0. The van der Waals surface area contributed by atoms with Crippen molar-refractivity contribution in [3.63, 3.8) is 0 Å². The zero-order valence-electron chi connectivity index (χ0n) is 17.4. The lowest BCUT2D eigenvalue weighted by atomic mass is 10.1. The van der Waals surface area contributed by atoms with Gasteiger partial charge < -0.3 is 4.74 Å². The van der Waals surface area contributed by atoms with Crippen molar-refractivity contribution in [3.05, 3.63) is 52.3 Å². The molecule has 1 aliphatic rings. The second-order valence-electron chi connectivity index (χ2n) is 7.73. The monoisotopic (exact) mass is 459 g/mol. The molecule has 0 unspecified atom stereocenters. The van der Waals surface area contributed by atoms with Gasteiger partial charge in [-0.3, -0.25) is 4.68 Å². The van der Waals surface area contributed by atoms with Crippen LogP contribution >= 0.6 is 0 Å². The van der Waals surface area contributed by atoms with E-state index in [1.54, 1.807) is 19.9 Å². The molecule has 1 N–H and O–H groups in total. The van der Waals surface area contributed by atoms with Gasteiger partial charge in [-0.1, -0.05) is 18.2 Å². The summed E-state index contributed by atoms with van der Waals surface area (Å²) in [5.74, 6) is -1.07. The molecule has 0 bridgehead atoms. The van der Waals surface area contributed by atoms with Gasteiger partial charge in [-0.05, 0) is 50.3 Å². The molecule has 3 rings (SSSR count). The molecule has 11 heteroatoms. The van der Waals surface area contributed by atoms with Gasteiger partial charge >= 0.3 is 12.1 Å². The molecule has 0 amide bonds. The maximum absolute atomic E-state index is 13.3. The normalized spacial score (nSPS) is 16.5. The van der Waals surface area contributed by atoms with Crippen molar-refractivity contribution in [1.29, 1.82) is 0 Å². The summed E-state index contributed by atoms with van der Waals surface area (Å²) in [5.41, 5.74) is 0.707. The maximum Gasteiger partial charge on any atom is 0.436 e. The summed E-state index contributed by atoms with van der Waals surface area (Å²) in [4.78, 5) is 11.9. The van der Waals surface area contributed by atoms with Gasteiger partial charge in [-0.15, -0.1) is 0 Å². The van der Waals surface area contributed by atoms with Crippen LogP contribution in [0.4, 0.5) is 13.2 Å². The number of ether oxygens (including phenoxy) is 1. The molecule has 0 fully saturated rings. The number of benzene rings is 1. The average molecular weight is 459 g/mol. The molecule has 1 aromatic carbocycles. The minimum absolute atomic E-state index is 0.0259. The van der Waals surface area contributed by atoms with Crippen LogP contribution in [0.3, 0.4) is 0 Å². The number of halogens is 3. The summed E-state index contributed by atoms with van der Waals surface area (Å²) in [6.07, 6.45) is -2.70. The van der Waals surface area contributed by atoms with Crippen LogP contribution in [0.25, 0.3) is 0 Å². The van der Waals surface area contributed by atoms with E-state index in [1.165, 1.54) is 6.92 Å². The quantitative estimate of drug-likeness (QED) is 0.643. The lowest BCUT2D eigenvalue weighted by Gasteiger charge is -2.14. The van der Waals surface area contributed by atoms with Crippen molar-refractivity contribution in [2.75, 3.05) is 6.61 Å². The molecule has 1 aliphatic carbocycles. The number of nitrogens with one attached hydrogen (secondary N) is 1. The number of alkyl halides is 3. The average Bonchev–Trinajstić information content (AvgIpc) is 3.24. The van der Waals surface area contributed by atoms with E-state index in [-0.39, 0.29) is 19.2 Å². The van der Waals surface area contributed by atoms with E-state index in [0.717, 1.165) is 22.0 Å². The van der Waals surface area contributed by atoms with Crippen molar-refractivity contribution in [3.8, 4) is 0 Å². The summed E-state index contributed by atoms with van der Waals surface area (Å²) in [6, 6.07) is 5.18. The third kappa shape index (κ3) is 5.27. The number of fused-ring (bicyclic) bond motifs is 1. The second-order valence-corrected chi connectivity index (χ2v) is 10.00. The first-order valence-electron chi connectivity index (χ1n) is 9.84. The van der Waals surface area contributed by atoms with Crippen LogP contribution in [0, 0.1) is 0 Å². The number of hydrogen-bond acceptors (Lipinski definition) is 5. The summed E-state index contributed by atoms with van der Waals surface area (Å²) in [5, 5.41) is 3.02. The molecular weight excluding hydrogens is 435 g/mol. The van der Waals surface area contributed by atoms with Gasteiger partial charge in [-0.25, -0.2) is 17.9 Å². The first-order chi connectivity index (χ1) is 14.4. The lowest BCUT2D eigenvalue weighted by molar-refractivity contribution is -0.142. The number of carbonyl (C=O) groups is 1. The third-order valence-electron chi connectivity index (χ3n) is 5.02. The van der Waals surface area contributed by atoms with Crippen LogP contribution in [0.5, 0.6) is 0 Å². The Bertz CT molecular complexity index is 1080. The Morgan fingerprint density at radius 1 is 1.29 bits per heavy atom. The van der Waals surface area contributed by atoms with Crippen LogP contribution in [-0.4, -0.2) is 42.1 Å². The van der Waals surface area contributed by atoms with Crippen molar-refractivity contribution in [1.82, 2.24) is 14.5 Å². The van der Waals surface area contributed by atoms with E-state index in [9.17, 15) is 26.4 Å². The first kappa shape index (κ1) is 23.3. The van der Waals surface area contributed by atoms with Crippen LogP contribution in [0.1, 0.15) is 53.5 Å². The molecule has 1 atom stereocenters. The summed E-state index contributed by atoms with van der Waals surface area (Å²) in [7, 11) is -3.40. The van der Waals surface area contributed by atoms with Gasteiger partial charge in [0.05, 0.1) is 18.4 Å². The predicted molar refractivity (Wildman–Crippen MR) is 107 cm³/mol. The van der Waals surface area contributed by atoms with Gasteiger partial charge in [0, 0.05) is 12.2 Å². The van der Waals surface area contributed by atoms with E-state index in [4.69, 9.17) is 4.74 Å². The highest BCUT2D eigenvalue weighted by Gasteiger charge is 2.39. The minimum atomic E-state index is -4.79. The Balaban J connectivity index is 1.79. The Kier molecular flexibility index (Phi) is 6.47. The number of nitrogens with zero attached hydrogens (tertiary/aromatic N) is 2. The number of rotatable bonds is 7. The van der Waals surface area contributed by atoms with Gasteiger partial charge in [0.1, 0.15) is 5.56 Å². The van der Waals surface area contributed by atoms with Crippen molar-refractivity contribution < 1.29 is 31.1 Å². The Hall–Kier alpha value is -2.40. The van der Waals surface area contributed by atoms with Crippen molar-refractivity contribution in [2.24, 2.45) is 0 Å². The Labute approximate surface area is 178 Å². The highest BCUT2D eigenvalue weighted by atomic mass is 32.2. The third-order valence-corrected chi connectivity index (χ3v) is 6.93. The highest BCUT2D eigenvalue weighted by molar-refractivity contribution is 7.90. The number of aromatic nitrogens is 2. The lowest BCUT2D eigenvalue weighted by Crippen LogP contribution is -2.39. The Morgan fingerprint density at radius 2 is 1.97 bits per heavy atom. The smallest absolute Gasteiger partial charge is 0.436 e. The zero-order valence-corrected chi connectivity index (χ0v) is 18.2. The molecule has 0 radical (unpaired) electrons. The highest BCUT2D eigenvalue weighted by Crippen LogP contribution is 2.31.